The molecule has 0 fully saturated rings. The molecule has 2 aromatic heterocycles. The van der Waals surface area contributed by atoms with E-state index in [1.807, 2.05) is 24.7 Å². The maximum absolute atomic E-state index is 4.61. The van der Waals surface area contributed by atoms with Crippen LogP contribution < -0.4 is 5.32 Å². The van der Waals surface area contributed by atoms with Crippen LogP contribution in [0.4, 0.5) is 5.82 Å². The van der Waals surface area contributed by atoms with Crippen molar-refractivity contribution in [1.82, 2.24) is 19.5 Å². The summed E-state index contributed by atoms with van der Waals surface area (Å²) in [6, 6.07) is 0. The van der Waals surface area contributed by atoms with E-state index in [9.17, 15) is 0 Å². The number of hydrogen-bond donors (Lipinski definition) is 1. The quantitative estimate of drug-likeness (QED) is 0.852. The van der Waals surface area contributed by atoms with Crippen LogP contribution in [0.25, 0.3) is 0 Å². The van der Waals surface area contributed by atoms with Gasteiger partial charge in [-0.1, -0.05) is 6.92 Å². The van der Waals surface area contributed by atoms with Crippen molar-refractivity contribution >= 4 is 17.6 Å². The molecule has 0 aliphatic rings. The van der Waals surface area contributed by atoms with Gasteiger partial charge in [0.2, 0.25) is 0 Å². The third-order valence-electron chi connectivity index (χ3n) is 2.77. The van der Waals surface area contributed by atoms with E-state index in [2.05, 4.69) is 34.1 Å². The third kappa shape index (κ3) is 3.07. The second kappa shape index (κ2) is 6.06. The van der Waals surface area contributed by atoms with Crippen LogP contribution in [0.3, 0.4) is 0 Å². The molecule has 0 radical (unpaired) electrons. The predicted molar refractivity (Wildman–Crippen MR) is 77.6 cm³/mol. The minimum absolute atomic E-state index is 0.826. The molecule has 2 aromatic rings. The van der Waals surface area contributed by atoms with Crippen LogP contribution in [-0.2, 0) is 13.5 Å². The van der Waals surface area contributed by atoms with Gasteiger partial charge in [0.05, 0.1) is 0 Å². The van der Waals surface area contributed by atoms with Gasteiger partial charge in [0, 0.05) is 38.0 Å². The summed E-state index contributed by atoms with van der Waals surface area (Å²) < 4.78 is 1.99. The molecule has 0 aliphatic heterocycles. The molecule has 0 spiro atoms. The van der Waals surface area contributed by atoms with Gasteiger partial charge < -0.3 is 9.88 Å². The number of rotatable bonds is 5. The van der Waals surface area contributed by atoms with E-state index in [1.165, 1.54) is 0 Å². The van der Waals surface area contributed by atoms with Crippen molar-refractivity contribution in [2.75, 3.05) is 11.9 Å². The number of nitrogens with one attached hydrogen (secondary N) is 1. The Kier molecular flexibility index (Phi) is 4.42. The summed E-state index contributed by atoms with van der Waals surface area (Å²) in [6.45, 7) is 7.03. The molecular weight excluding hydrogens is 258 g/mol. The fraction of sp³-hybridized carbons (Fsp3) is 0.462. The highest BCUT2D eigenvalue weighted by Crippen LogP contribution is 2.30. The largest absolute Gasteiger partial charge is 0.370 e. The first-order valence-corrected chi connectivity index (χ1v) is 7.23. The van der Waals surface area contributed by atoms with Crippen LogP contribution >= 0.6 is 11.8 Å². The van der Waals surface area contributed by atoms with E-state index in [1.54, 1.807) is 18.0 Å². The van der Waals surface area contributed by atoms with Crippen molar-refractivity contribution in [3.05, 3.63) is 23.8 Å². The topological polar surface area (TPSA) is 55.6 Å². The lowest BCUT2D eigenvalue weighted by molar-refractivity contribution is 0.785. The standard InChI is InChI=1S/C13H19N5S/c1-5-10-16-11(14-6-2)9(3)12(17-10)19-13-15-7-8-18(13)4/h7-8H,5-6H2,1-4H3,(H,14,16,17). The highest BCUT2D eigenvalue weighted by molar-refractivity contribution is 7.99. The lowest BCUT2D eigenvalue weighted by Gasteiger charge is -2.12. The Hall–Kier alpha value is -1.56. The van der Waals surface area contributed by atoms with Crippen LogP contribution in [-0.4, -0.2) is 26.1 Å². The van der Waals surface area contributed by atoms with Crippen molar-refractivity contribution in [2.24, 2.45) is 7.05 Å². The average molecular weight is 277 g/mol. The Bertz CT molecular complexity index is 564. The summed E-state index contributed by atoms with van der Waals surface area (Å²) in [5, 5.41) is 5.20. The van der Waals surface area contributed by atoms with E-state index >= 15 is 0 Å². The molecule has 0 aromatic carbocycles. The van der Waals surface area contributed by atoms with Gasteiger partial charge in [-0.15, -0.1) is 0 Å². The van der Waals surface area contributed by atoms with Crippen molar-refractivity contribution in [3.63, 3.8) is 0 Å². The van der Waals surface area contributed by atoms with Gasteiger partial charge in [-0.3, -0.25) is 0 Å². The zero-order valence-electron chi connectivity index (χ0n) is 11.8. The maximum atomic E-state index is 4.61. The first-order chi connectivity index (χ1) is 9.15. The molecule has 0 aliphatic carbocycles. The highest BCUT2D eigenvalue weighted by atomic mass is 32.2. The molecule has 0 atom stereocenters. The number of aryl methyl sites for hydroxylation is 2. The van der Waals surface area contributed by atoms with Gasteiger partial charge in [0.1, 0.15) is 16.7 Å². The molecule has 102 valence electrons. The lowest BCUT2D eigenvalue weighted by Crippen LogP contribution is -2.07. The van der Waals surface area contributed by atoms with E-state index in [-0.39, 0.29) is 0 Å². The molecule has 0 bridgehead atoms. The van der Waals surface area contributed by atoms with E-state index in [4.69, 9.17) is 0 Å². The molecule has 6 heteroatoms. The van der Waals surface area contributed by atoms with Gasteiger partial charge >= 0.3 is 0 Å². The summed E-state index contributed by atoms with van der Waals surface area (Å²) in [7, 11) is 1.98. The van der Waals surface area contributed by atoms with Gasteiger partial charge in [0.15, 0.2) is 5.16 Å². The number of aromatic nitrogens is 4. The van der Waals surface area contributed by atoms with Gasteiger partial charge in [0.25, 0.3) is 0 Å². The first kappa shape index (κ1) is 13.9. The predicted octanol–water partition coefficient (Wildman–Crippen LogP) is 2.66. The molecular formula is C13H19N5S. The number of hydrogen-bond acceptors (Lipinski definition) is 5. The summed E-state index contributed by atoms with van der Waals surface area (Å²) >= 11 is 1.58. The number of anilines is 1. The number of nitrogens with zero attached hydrogens (tertiary/aromatic N) is 4. The van der Waals surface area contributed by atoms with E-state index < -0.39 is 0 Å². The maximum Gasteiger partial charge on any atom is 0.174 e. The minimum Gasteiger partial charge on any atom is -0.370 e. The van der Waals surface area contributed by atoms with Crippen molar-refractivity contribution in [1.29, 1.82) is 0 Å². The smallest absolute Gasteiger partial charge is 0.174 e. The molecule has 2 heterocycles. The SMILES string of the molecule is CCNc1nc(CC)nc(Sc2nccn2C)c1C. The number of imidazole rings is 1. The Morgan fingerprint density at radius 1 is 1.32 bits per heavy atom. The van der Waals surface area contributed by atoms with Crippen molar-refractivity contribution in [3.8, 4) is 0 Å². The second-order valence-electron chi connectivity index (χ2n) is 4.23. The Morgan fingerprint density at radius 3 is 2.68 bits per heavy atom. The van der Waals surface area contributed by atoms with Gasteiger partial charge in [-0.2, -0.15) is 0 Å². The molecule has 19 heavy (non-hydrogen) atoms. The molecule has 0 amide bonds. The van der Waals surface area contributed by atoms with Crippen molar-refractivity contribution in [2.45, 2.75) is 37.4 Å². The fourth-order valence-corrected chi connectivity index (χ4v) is 2.57. The first-order valence-electron chi connectivity index (χ1n) is 6.42. The summed E-state index contributed by atoms with van der Waals surface area (Å²) in [4.78, 5) is 13.5. The monoisotopic (exact) mass is 277 g/mol. The molecule has 0 unspecified atom stereocenters. The molecule has 5 nitrogen and oxygen atoms in total. The minimum atomic E-state index is 0.826. The van der Waals surface area contributed by atoms with Crippen LogP contribution in [0.5, 0.6) is 0 Å². The summed E-state index contributed by atoms with van der Waals surface area (Å²) in [6.07, 6.45) is 4.56. The van der Waals surface area contributed by atoms with Crippen LogP contribution in [0.15, 0.2) is 22.6 Å². The average Bonchev–Trinajstić information content (AvgIpc) is 2.80. The highest BCUT2D eigenvalue weighted by Gasteiger charge is 2.13. The molecule has 0 saturated carbocycles. The Labute approximate surface area is 117 Å². The Balaban J connectivity index is 2.38. The molecule has 0 saturated heterocycles. The lowest BCUT2D eigenvalue weighted by atomic mass is 10.3. The second-order valence-corrected chi connectivity index (χ2v) is 5.18. The van der Waals surface area contributed by atoms with Crippen LogP contribution in [0, 0.1) is 6.92 Å². The zero-order chi connectivity index (χ0) is 13.8. The normalized spacial score (nSPS) is 10.7. The van der Waals surface area contributed by atoms with Crippen LogP contribution in [0.1, 0.15) is 25.2 Å². The summed E-state index contributed by atoms with van der Waals surface area (Å²) in [5.74, 6) is 1.78. The van der Waals surface area contributed by atoms with Crippen molar-refractivity contribution < 1.29 is 0 Å². The van der Waals surface area contributed by atoms with Gasteiger partial charge in [-0.25, -0.2) is 15.0 Å². The third-order valence-corrected chi connectivity index (χ3v) is 3.94. The molecule has 2 rings (SSSR count). The van der Waals surface area contributed by atoms with E-state index in [0.29, 0.717) is 0 Å². The fourth-order valence-electron chi connectivity index (χ4n) is 1.67. The summed E-state index contributed by atoms with van der Waals surface area (Å²) in [5.41, 5.74) is 1.08. The van der Waals surface area contributed by atoms with Crippen LogP contribution in [0.2, 0.25) is 0 Å². The zero-order valence-corrected chi connectivity index (χ0v) is 12.6. The molecule has 1 N–H and O–H groups in total. The Morgan fingerprint density at radius 2 is 2.11 bits per heavy atom. The van der Waals surface area contributed by atoms with Gasteiger partial charge in [-0.05, 0) is 25.6 Å². The van der Waals surface area contributed by atoms with E-state index in [0.717, 1.165) is 40.4 Å².